The minimum absolute atomic E-state index is 0.00484. The molecule has 1 unspecified atom stereocenters. The molecule has 102 valence electrons. The Hall–Kier alpha value is -1.02. The summed E-state index contributed by atoms with van der Waals surface area (Å²) in [6, 6.07) is 1.44. The number of rotatable bonds is 5. The minimum Gasteiger partial charge on any atom is -0.263 e. The first-order valence-corrected chi connectivity index (χ1v) is 8.23. The van der Waals surface area contributed by atoms with Crippen molar-refractivity contribution in [2.45, 2.75) is 17.7 Å². The molecule has 1 N–H and O–H groups in total. The SMILES string of the molecule is CC(CNS(=O)(=O)c1cnccc1Cl)c1nccs1. The third-order valence-corrected chi connectivity index (χ3v) is 5.38. The fourth-order valence-electron chi connectivity index (χ4n) is 1.44. The van der Waals surface area contributed by atoms with Crippen molar-refractivity contribution in [3.05, 3.63) is 40.1 Å². The number of nitrogens with zero attached hydrogens (tertiary/aromatic N) is 2. The van der Waals surface area contributed by atoms with E-state index >= 15 is 0 Å². The van der Waals surface area contributed by atoms with E-state index in [0.717, 1.165) is 5.01 Å². The molecule has 2 aromatic rings. The predicted molar refractivity (Wildman–Crippen MR) is 75.0 cm³/mol. The Morgan fingerprint density at radius 2 is 2.26 bits per heavy atom. The maximum Gasteiger partial charge on any atom is 0.243 e. The zero-order valence-corrected chi connectivity index (χ0v) is 12.5. The summed E-state index contributed by atoms with van der Waals surface area (Å²) in [4.78, 5) is 7.92. The van der Waals surface area contributed by atoms with E-state index in [2.05, 4.69) is 14.7 Å². The van der Waals surface area contributed by atoms with Gasteiger partial charge in [0.05, 0.1) is 10.0 Å². The molecule has 0 amide bonds. The normalized spacial score (nSPS) is 13.4. The Labute approximate surface area is 120 Å². The number of thiazole rings is 1. The van der Waals surface area contributed by atoms with Crippen molar-refractivity contribution in [1.29, 1.82) is 0 Å². The molecule has 8 heteroatoms. The molecule has 0 aliphatic carbocycles. The molecular formula is C11H12ClN3O2S2. The zero-order valence-electron chi connectivity index (χ0n) is 10.1. The van der Waals surface area contributed by atoms with Crippen LogP contribution in [0.1, 0.15) is 17.8 Å². The second-order valence-corrected chi connectivity index (χ2v) is 7.00. The average Bonchev–Trinajstić information content (AvgIpc) is 2.90. The predicted octanol–water partition coefficient (Wildman–Crippen LogP) is 2.27. The summed E-state index contributed by atoms with van der Waals surface area (Å²) in [7, 11) is -3.64. The molecular weight excluding hydrogens is 306 g/mol. The molecule has 0 aliphatic rings. The molecule has 0 saturated heterocycles. The fourth-order valence-corrected chi connectivity index (χ4v) is 3.70. The topological polar surface area (TPSA) is 72.0 Å². The van der Waals surface area contributed by atoms with Crippen molar-refractivity contribution in [3.8, 4) is 0 Å². The molecule has 1 atom stereocenters. The van der Waals surface area contributed by atoms with Crippen molar-refractivity contribution in [2.24, 2.45) is 0 Å². The van der Waals surface area contributed by atoms with E-state index in [1.807, 2.05) is 12.3 Å². The van der Waals surface area contributed by atoms with Crippen molar-refractivity contribution >= 4 is 33.0 Å². The van der Waals surface area contributed by atoms with Crippen LogP contribution in [0.3, 0.4) is 0 Å². The van der Waals surface area contributed by atoms with Crippen LogP contribution in [-0.4, -0.2) is 24.9 Å². The number of aromatic nitrogens is 2. The van der Waals surface area contributed by atoms with Crippen LogP contribution in [0.15, 0.2) is 34.9 Å². The molecule has 0 spiro atoms. The highest BCUT2D eigenvalue weighted by molar-refractivity contribution is 7.89. The van der Waals surface area contributed by atoms with E-state index in [1.165, 1.54) is 29.8 Å². The molecule has 0 bridgehead atoms. The third kappa shape index (κ3) is 3.50. The summed E-state index contributed by atoms with van der Waals surface area (Å²) in [5, 5.41) is 2.91. The first-order valence-electron chi connectivity index (χ1n) is 5.49. The van der Waals surface area contributed by atoms with Crippen LogP contribution in [0.25, 0.3) is 0 Å². The Morgan fingerprint density at radius 3 is 2.89 bits per heavy atom. The molecule has 2 aromatic heterocycles. The van der Waals surface area contributed by atoms with Gasteiger partial charge in [-0.1, -0.05) is 18.5 Å². The lowest BCUT2D eigenvalue weighted by Crippen LogP contribution is -2.28. The number of halogens is 1. The smallest absolute Gasteiger partial charge is 0.243 e. The van der Waals surface area contributed by atoms with Crippen LogP contribution in [0.4, 0.5) is 0 Å². The maximum atomic E-state index is 12.1. The minimum atomic E-state index is -3.64. The van der Waals surface area contributed by atoms with Crippen LogP contribution in [0.2, 0.25) is 5.02 Å². The summed E-state index contributed by atoms with van der Waals surface area (Å²) in [6.45, 7) is 2.17. The molecule has 0 fully saturated rings. The molecule has 0 radical (unpaired) electrons. The molecule has 0 saturated carbocycles. The summed E-state index contributed by atoms with van der Waals surface area (Å²) < 4.78 is 26.7. The lowest BCUT2D eigenvalue weighted by Gasteiger charge is -2.11. The molecule has 0 aliphatic heterocycles. The monoisotopic (exact) mass is 317 g/mol. The summed E-state index contributed by atoms with van der Waals surface area (Å²) >= 11 is 7.35. The van der Waals surface area contributed by atoms with Gasteiger partial charge in [0.25, 0.3) is 0 Å². The van der Waals surface area contributed by atoms with E-state index in [1.54, 1.807) is 6.20 Å². The number of pyridine rings is 1. The standard InChI is InChI=1S/C11H12ClN3O2S2/c1-8(11-14-4-5-18-11)6-15-19(16,17)10-7-13-3-2-9(10)12/h2-5,7-8,15H,6H2,1H3. The summed E-state index contributed by atoms with van der Waals surface area (Å²) in [5.41, 5.74) is 0. The van der Waals surface area contributed by atoms with E-state index in [0.29, 0.717) is 0 Å². The van der Waals surface area contributed by atoms with Crippen LogP contribution < -0.4 is 4.72 Å². The Bertz CT molecular complexity index is 644. The van der Waals surface area contributed by atoms with E-state index in [9.17, 15) is 8.42 Å². The van der Waals surface area contributed by atoms with Crippen LogP contribution in [-0.2, 0) is 10.0 Å². The highest BCUT2D eigenvalue weighted by atomic mass is 35.5. The van der Waals surface area contributed by atoms with Crippen LogP contribution >= 0.6 is 22.9 Å². The van der Waals surface area contributed by atoms with E-state index < -0.39 is 10.0 Å². The van der Waals surface area contributed by atoms with Gasteiger partial charge in [0.2, 0.25) is 10.0 Å². The van der Waals surface area contributed by atoms with Gasteiger partial charge in [0, 0.05) is 36.4 Å². The quantitative estimate of drug-likeness (QED) is 0.918. The third-order valence-electron chi connectivity index (χ3n) is 2.48. The Kier molecular flexibility index (Phi) is 4.51. The van der Waals surface area contributed by atoms with Crippen molar-refractivity contribution < 1.29 is 8.42 Å². The number of hydrogen-bond acceptors (Lipinski definition) is 5. The molecule has 2 rings (SSSR count). The zero-order chi connectivity index (χ0) is 13.9. The fraction of sp³-hybridized carbons (Fsp3) is 0.273. The number of sulfonamides is 1. The lowest BCUT2D eigenvalue weighted by molar-refractivity contribution is 0.574. The van der Waals surface area contributed by atoms with Gasteiger partial charge in [-0.3, -0.25) is 4.98 Å². The van der Waals surface area contributed by atoms with E-state index in [4.69, 9.17) is 11.6 Å². The van der Waals surface area contributed by atoms with Crippen molar-refractivity contribution in [2.75, 3.05) is 6.54 Å². The van der Waals surface area contributed by atoms with Gasteiger partial charge in [-0.05, 0) is 6.07 Å². The van der Waals surface area contributed by atoms with Crippen molar-refractivity contribution in [3.63, 3.8) is 0 Å². The van der Waals surface area contributed by atoms with Crippen LogP contribution in [0, 0.1) is 0 Å². The second-order valence-electron chi connectivity index (χ2n) is 3.93. The lowest BCUT2D eigenvalue weighted by atomic mass is 10.2. The van der Waals surface area contributed by atoms with Gasteiger partial charge < -0.3 is 0 Å². The second kappa shape index (κ2) is 5.96. The van der Waals surface area contributed by atoms with E-state index in [-0.39, 0.29) is 22.4 Å². The van der Waals surface area contributed by atoms with Crippen LogP contribution in [0.5, 0.6) is 0 Å². The molecule has 19 heavy (non-hydrogen) atoms. The Balaban J connectivity index is 2.09. The molecule has 0 aromatic carbocycles. The van der Waals surface area contributed by atoms with Gasteiger partial charge >= 0.3 is 0 Å². The van der Waals surface area contributed by atoms with Gasteiger partial charge in [0.1, 0.15) is 4.90 Å². The average molecular weight is 318 g/mol. The van der Waals surface area contributed by atoms with Gasteiger partial charge in [-0.15, -0.1) is 11.3 Å². The highest BCUT2D eigenvalue weighted by Gasteiger charge is 2.19. The van der Waals surface area contributed by atoms with Gasteiger partial charge in [0.15, 0.2) is 0 Å². The van der Waals surface area contributed by atoms with Crippen molar-refractivity contribution in [1.82, 2.24) is 14.7 Å². The highest BCUT2D eigenvalue weighted by Crippen LogP contribution is 2.21. The number of nitrogens with one attached hydrogen (secondary N) is 1. The summed E-state index contributed by atoms with van der Waals surface area (Å²) in [6.07, 6.45) is 4.38. The van der Waals surface area contributed by atoms with Gasteiger partial charge in [-0.2, -0.15) is 0 Å². The Morgan fingerprint density at radius 1 is 1.47 bits per heavy atom. The molecule has 2 heterocycles. The van der Waals surface area contributed by atoms with Gasteiger partial charge in [-0.25, -0.2) is 18.1 Å². The largest absolute Gasteiger partial charge is 0.263 e. The first kappa shape index (κ1) is 14.4. The molecule has 5 nitrogen and oxygen atoms in total. The first-order chi connectivity index (χ1) is 9.00. The maximum absolute atomic E-state index is 12.1. The number of hydrogen-bond donors (Lipinski definition) is 1. The summed E-state index contributed by atoms with van der Waals surface area (Å²) in [5.74, 6) is 0.00484.